The standard InChI is InChI=1S/C14H11NO/c1-15-13-5-3-2-4-10(13)8-11-9-12(16)6-7-14(11)15/h2-9H,1H3. The predicted octanol–water partition coefficient (Wildman–Crippen LogP) is 1.89. The van der Waals surface area contributed by atoms with Gasteiger partial charge in [0.15, 0.2) is 0 Å². The lowest BCUT2D eigenvalue weighted by atomic mass is 10.1. The van der Waals surface area contributed by atoms with E-state index in [1.807, 2.05) is 25.2 Å². The van der Waals surface area contributed by atoms with Crippen LogP contribution < -0.4 is 9.67 Å². The maximum absolute atomic E-state index is 11.3. The van der Waals surface area contributed by atoms with Crippen LogP contribution in [0.4, 0.5) is 0 Å². The first-order valence-electron chi connectivity index (χ1n) is 5.24. The fourth-order valence-electron chi connectivity index (χ4n) is 2.17. The first-order chi connectivity index (χ1) is 7.75. The van der Waals surface area contributed by atoms with Gasteiger partial charge in [-0.2, -0.15) is 4.57 Å². The molecule has 0 N–H and O–H groups in total. The van der Waals surface area contributed by atoms with E-state index in [1.54, 1.807) is 12.1 Å². The highest BCUT2D eigenvalue weighted by molar-refractivity contribution is 5.89. The Morgan fingerprint density at radius 2 is 1.62 bits per heavy atom. The van der Waals surface area contributed by atoms with Gasteiger partial charge in [0.25, 0.3) is 0 Å². The number of nitrogens with zero attached hydrogens (tertiary/aromatic N) is 1. The number of aromatic nitrogens is 1. The summed E-state index contributed by atoms with van der Waals surface area (Å²) in [6, 6.07) is 15.4. The summed E-state index contributed by atoms with van der Waals surface area (Å²) in [6.45, 7) is 0. The summed E-state index contributed by atoms with van der Waals surface area (Å²) >= 11 is 0. The van der Waals surface area contributed by atoms with Crippen LogP contribution in [0.25, 0.3) is 21.8 Å². The molecule has 1 aromatic heterocycles. The van der Waals surface area contributed by atoms with E-state index in [0.29, 0.717) is 0 Å². The van der Waals surface area contributed by atoms with Gasteiger partial charge in [-0.05, 0) is 12.1 Å². The zero-order valence-corrected chi connectivity index (χ0v) is 8.97. The second kappa shape index (κ2) is 3.20. The van der Waals surface area contributed by atoms with Crippen molar-refractivity contribution in [2.24, 2.45) is 7.05 Å². The van der Waals surface area contributed by atoms with Crippen LogP contribution >= 0.6 is 0 Å². The Morgan fingerprint density at radius 1 is 0.875 bits per heavy atom. The molecule has 0 aliphatic carbocycles. The van der Waals surface area contributed by atoms with Gasteiger partial charge < -0.3 is 5.11 Å². The minimum absolute atomic E-state index is 0.0581. The third-order valence-electron chi connectivity index (χ3n) is 2.97. The molecule has 0 spiro atoms. The van der Waals surface area contributed by atoms with Crippen LogP contribution in [0.5, 0.6) is 5.75 Å². The van der Waals surface area contributed by atoms with Gasteiger partial charge in [0.2, 0.25) is 11.0 Å². The minimum Gasteiger partial charge on any atom is -0.872 e. The monoisotopic (exact) mass is 209 g/mol. The van der Waals surface area contributed by atoms with Crippen molar-refractivity contribution in [3.05, 3.63) is 48.5 Å². The Labute approximate surface area is 93.4 Å². The molecule has 0 aliphatic heterocycles. The molecule has 0 bridgehead atoms. The SMILES string of the molecule is C[n+]1c2ccccc2cc2cc([O-])ccc21. The van der Waals surface area contributed by atoms with Crippen LogP contribution in [-0.2, 0) is 7.05 Å². The van der Waals surface area contributed by atoms with E-state index in [-0.39, 0.29) is 5.75 Å². The third kappa shape index (κ3) is 1.23. The summed E-state index contributed by atoms with van der Waals surface area (Å²) in [4.78, 5) is 0. The summed E-state index contributed by atoms with van der Waals surface area (Å²) in [5.41, 5.74) is 2.26. The number of benzene rings is 2. The van der Waals surface area contributed by atoms with Crippen molar-refractivity contribution < 1.29 is 9.67 Å². The maximum atomic E-state index is 11.3. The zero-order chi connectivity index (χ0) is 11.1. The highest BCUT2D eigenvalue weighted by Crippen LogP contribution is 2.20. The van der Waals surface area contributed by atoms with Gasteiger partial charge in [0.1, 0.15) is 7.05 Å². The number of rotatable bonds is 0. The van der Waals surface area contributed by atoms with Gasteiger partial charge in [0, 0.05) is 22.9 Å². The Balaban J connectivity index is 2.55. The summed E-state index contributed by atoms with van der Waals surface area (Å²) in [5, 5.41) is 13.5. The lowest BCUT2D eigenvalue weighted by Gasteiger charge is -2.06. The Bertz CT molecular complexity index is 689. The van der Waals surface area contributed by atoms with Crippen molar-refractivity contribution in [1.82, 2.24) is 0 Å². The van der Waals surface area contributed by atoms with Crippen LogP contribution in [-0.4, -0.2) is 0 Å². The van der Waals surface area contributed by atoms with Crippen LogP contribution in [0, 0.1) is 0 Å². The Hall–Kier alpha value is -2.09. The molecule has 0 saturated heterocycles. The molecule has 0 radical (unpaired) electrons. The van der Waals surface area contributed by atoms with Crippen molar-refractivity contribution >= 4 is 21.8 Å². The second-order valence-corrected chi connectivity index (χ2v) is 3.98. The molecule has 0 amide bonds. The number of para-hydroxylation sites is 1. The molecule has 1 heterocycles. The van der Waals surface area contributed by atoms with E-state index in [0.717, 1.165) is 16.3 Å². The number of pyridine rings is 1. The highest BCUT2D eigenvalue weighted by atomic mass is 16.3. The smallest absolute Gasteiger partial charge is 0.212 e. The largest absolute Gasteiger partial charge is 0.872 e. The van der Waals surface area contributed by atoms with Gasteiger partial charge in [0.05, 0.1) is 0 Å². The summed E-state index contributed by atoms with van der Waals surface area (Å²) in [5.74, 6) is 0.0581. The van der Waals surface area contributed by atoms with E-state index in [9.17, 15) is 5.11 Å². The Kier molecular flexibility index (Phi) is 1.83. The van der Waals surface area contributed by atoms with Crippen LogP contribution in [0.2, 0.25) is 0 Å². The topological polar surface area (TPSA) is 26.9 Å². The van der Waals surface area contributed by atoms with Gasteiger partial charge in [-0.3, -0.25) is 0 Å². The number of aryl methyl sites for hydroxylation is 1. The first kappa shape index (κ1) is 9.16. The zero-order valence-electron chi connectivity index (χ0n) is 8.97. The van der Waals surface area contributed by atoms with E-state index >= 15 is 0 Å². The molecule has 0 aliphatic rings. The highest BCUT2D eigenvalue weighted by Gasteiger charge is 2.09. The lowest BCUT2D eigenvalue weighted by molar-refractivity contribution is -0.617. The van der Waals surface area contributed by atoms with E-state index in [1.165, 1.54) is 5.52 Å². The average Bonchev–Trinajstić information content (AvgIpc) is 2.29. The molecule has 3 aromatic rings. The van der Waals surface area contributed by atoms with E-state index in [2.05, 4.69) is 22.8 Å². The van der Waals surface area contributed by atoms with Crippen LogP contribution in [0.3, 0.4) is 0 Å². The number of hydrogen-bond acceptors (Lipinski definition) is 1. The molecule has 2 heteroatoms. The third-order valence-corrected chi connectivity index (χ3v) is 2.97. The molecule has 3 rings (SSSR count). The molecule has 0 unspecified atom stereocenters. The lowest BCUT2D eigenvalue weighted by Crippen LogP contribution is -2.29. The molecule has 0 fully saturated rings. The quantitative estimate of drug-likeness (QED) is 0.410. The summed E-state index contributed by atoms with van der Waals surface area (Å²) in [7, 11) is 2.02. The van der Waals surface area contributed by atoms with Crippen LogP contribution in [0.1, 0.15) is 0 Å². The fourth-order valence-corrected chi connectivity index (χ4v) is 2.17. The van der Waals surface area contributed by atoms with Gasteiger partial charge in [-0.1, -0.05) is 24.3 Å². The molecule has 2 nitrogen and oxygen atoms in total. The molecule has 78 valence electrons. The van der Waals surface area contributed by atoms with Crippen molar-refractivity contribution in [2.75, 3.05) is 0 Å². The average molecular weight is 209 g/mol. The first-order valence-corrected chi connectivity index (χ1v) is 5.24. The fraction of sp³-hybridized carbons (Fsp3) is 0.0714. The summed E-state index contributed by atoms with van der Waals surface area (Å²) < 4.78 is 2.12. The predicted molar refractivity (Wildman–Crippen MR) is 62.1 cm³/mol. The van der Waals surface area contributed by atoms with Crippen LogP contribution in [0.15, 0.2) is 48.5 Å². The van der Waals surface area contributed by atoms with Crippen molar-refractivity contribution in [1.29, 1.82) is 0 Å². The molecule has 0 atom stereocenters. The van der Waals surface area contributed by atoms with E-state index in [4.69, 9.17) is 0 Å². The maximum Gasteiger partial charge on any atom is 0.212 e. The molecule has 0 saturated carbocycles. The van der Waals surface area contributed by atoms with Gasteiger partial charge >= 0.3 is 0 Å². The van der Waals surface area contributed by atoms with Gasteiger partial charge in [-0.15, -0.1) is 5.75 Å². The van der Waals surface area contributed by atoms with Crippen molar-refractivity contribution in [2.45, 2.75) is 0 Å². The second-order valence-electron chi connectivity index (χ2n) is 3.98. The van der Waals surface area contributed by atoms with E-state index < -0.39 is 0 Å². The molecule has 16 heavy (non-hydrogen) atoms. The number of hydrogen-bond donors (Lipinski definition) is 0. The summed E-state index contributed by atoms with van der Waals surface area (Å²) in [6.07, 6.45) is 0. The normalized spacial score (nSPS) is 11.1. The van der Waals surface area contributed by atoms with Crippen molar-refractivity contribution in [3.8, 4) is 5.75 Å². The van der Waals surface area contributed by atoms with Crippen molar-refractivity contribution in [3.63, 3.8) is 0 Å². The Morgan fingerprint density at radius 3 is 2.50 bits per heavy atom. The molecular formula is C14H11NO. The molecule has 2 aromatic carbocycles. The minimum atomic E-state index is 0.0581. The van der Waals surface area contributed by atoms with Gasteiger partial charge in [-0.25, -0.2) is 0 Å². The number of fused-ring (bicyclic) bond motifs is 2. The molecular weight excluding hydrogens is 198 g/mol.